The average Bonchev–Trinajstić information content (AvgIpc) is 3.06. The van der Waals surface area contributed by atoms with Gasteiger partial charge in [-0.25, -0.2) is 20.4 Å². The highest BCUT2D eigenvalue weighted by atomic mass is 31.2. The molecule has 0 spiro atoms. The van der Waals surface area contributed by atoms with E-state index in [9.17, 15) is 4.79 Å². The molecule has 0 aromatic carbocycles. The zero-order valence-electron chi connectivity index (χ0n) is 21.8. The quantitative estimate of drug-likeness (QED) is 0.331. The van der Waals surface area contributed by atoms with Gasteiger partial charge >= 0.3 is 5.69 Å². The highest BCUT2D eigenvalue weighted by Gasteiger charge is 2.48. The van der Waals surface area contributed by atoms with Gasteiger partial charge in [0.05, 0.1) is 6.10 Å². The Bertz CT molecular complexity index is 849. The zero-order chi connectivity index (χ0) is 26.0. The Morgan fingerprint density at radius 1 is 1.50 bits per heavy atom. The standard InChI is InChI=1S/C20H32FN4O4P.CH4O/c1-12(2)25(13(3)4)30(27-10-9-22-8)29-18-16(7)28-19(17(18)21)24-11-14(5)15(6)23-20(24)26;1-2/h11-13,16-19H,9-10H2,1-7H3;2H,1H3/t16-,17?,18?,19-,30?;/m1./s1/i7D;2T. The molecule has 0 aliphatic carbocycles. The van der Waals surface area contributed by atoms with Crippen LogP contribution in [0.5, 0.6) is 0 Å². The molecule has 32 heavy (non-hydrogen) atoms. The van der Waals surface area contributed by atoms with Crippen molar-refractivity contribution in [2.24, 2.45) is 0 Å². The summed E-state index contributed by atoms with van der Waals surface area (Å²) >= 11 is 0. The van der Waals surface area contributed by atoms with Gasteiger partial charge in [-0.15, -0.1) is 0 Å². The van der Waals surface area contributed by atoms with Crippen LogP contribution in [0.3, 0.4) is 0 Å². The number of aliphatic hydroxyl groups excluding tert-OH is 1. The normalized spacial score (nSPS) is 24.7. The number of rotatable bonds is 9. The van der Waals surface area contributed by atoms with E-state index in [1.165, 1.54) is 13.3 Å². The maximum Gasteiger partial charge on any atom is 0.350 e. The van der Waals surface area contributed by atoms with Crippen LogP contribution < -0.4 is 5.69 Å². The van der Waals surface area contributed by atoms with Crippen molar-refractivity contribution in [3.63, 3.8) is 0 Å². The van der Waals surface area contributed by atoms with Crippen molar-refractivity contribution in [2.75, 3.05) is 20.3 Å². The topological polar surface area (TPSA) is 90.4 Å². The van der Waals surface area contributed by atoms with E-state index in [2.05, 4.69) is 14.9 Å². The molecule has 1 N–H and O–H groups in total. The molecule has 2 rings (SSSR count). The van der Waals surface area contributed by atoms with Crippen molar-refractivity contribution in [1.29, 1.82) is 1.43 Å². The molecule has 2 heterocycles. The van der Waals surface area contributed by atoms with Crippen LogP contribution in [-0.4, -0.2) is 71.5 Å². The number of aromatic nitrogens is 2. The number of ether oxygens (including phenoxy) is 1. The summed E-state index contributed by atoms with van der Waals surface area (Å²) in [5.74, 6) is 0. The van der Waals surface area contributed by atoms with Crippen LogP contribution >= 0.6 is 8.53 Å². The van der Waals surface area contributed by atoms with E-state index in [0.29, 0.717) is 5.69 Å². The van der Waals surface area contributed by atoms with E-state index in [1.807, 2.05) is 32.4 Å². The van der Waals surface area contributed by atoms with Crippen molar-refractivity contribution < 1.29 is 24.7 Å². The fraction of sp³-hybridized carbons (Fsp3) is 0.762. The Morgan fingerprint density at radius 3 is 2.66 bits per heavy atom. The summed E-state index contributed by atoms with van der Waals surface area (Å²) in [6, 6.07) is 0.104. The lowest BCUT2D eigenvalue weighted by molar-refractivity contribution is -0.0181. The molecule has 3 unspecified atom stereocenters. The van der Waals surface area contributed by atoms with E-state index < -0.39 is 38.8 Å². The van der Waals surface area contributed by atoms with E-state index in [1.54, 1.807) is 13.8 Å². The van der Waals surface area contributed by atoms with Crippen molar-refractivity contribution in [3.8, 4) is 0 Å². The average molecular weight is 478 g/mol. The van der Waals surface area contributed by atoms with Crippen molar-refractivity contribution in [3.05, 3.63) is 39.4 Å². The van der Waals surface area contributed by atoms with Gasteiger partial charge in [-0.05, 0) is 54.0 Å². The smallest absolute Gasteiger partial charge is 0.350 e. The monoisotopic (exact) mass is 477 g/mol. The molecular formula is C21H36FN4O5P. The molecule has 0 radical (unpaired) electrons. The Balaban J connectivity index is 0.00000182. The molecule has 0 saturated carbocycles. The number of halogens is 1. The predicted octanol–water partition coefficient (Wildman–Crippen LogP) is 3.39. The van der Waals surface area contributed by atoms with E-state index in [-0.39, 0.29) is 32.1 Å². The molecule has 9 nitrogen and oxygen atoms in total. The molecule has 1 fully saturated rings. The Labute approximate surface area is 194 Å². The van der Waals surface area contributed by atoms with Gasteiger partial charge in [-0.3, -0.25) is 4.57 Å². The molecule has 1 aliphatic rings. The lowest BCUT2D eigenvalue weighted by Crippen LogP contribution is -2.38. The molecule has 5 atom stereocenters. The number of hydrogen-bond donors (Lipinski definition) is 1. The number of aryl methyl sites for hydroxylation is 2. The summed E-state index contributed by atoms with van der Waals surface area (Å²) in [6.07, 6.45) is -3.35. The number of aliphatic hydroxyl groups is 1. The van der Waals surface area contributed by atoms with E-state index in [4.69, 9.17) is 23.2 Å². The molecule has 0 bridgehead atoms. The summed E-state index contributed by atoms with van der Waals surface area (Å²) in [4.78, 5) is 19.6. The van der Waals surface area contributed by atoms with Gasteiger partial charge < -0.3 is 23.7 Å². The highest BCUT2D eigenvalue weighted by Crippen LogP contribution is 2.50. The molecule has 1 aromatic heterocycles. The first kappa shape index (κ1) is 25.2. The molecular weight excluding hydrogens is 438 g/mol. The third kappa shape index (κ3) is 7.01. The van der Waals surface area contributed by atoms with Crippen LogP contribution in [0.25, 0.3) is 4.85 Å². The van der Waals surface area contributed by atoms with Crippen LogP contribution in [-0.2, 0) is 13.8 Å². The summed E-state index contributed by atoms with van der Waals surface area (Å²) in [7, 11) is -0.416. The third-order valence-corrected chi connectivity index (χ3v) is 6.92. The largest absolute Gasteiger partial charge is 0.400 e. The van der Waals surface area contributed by atoms with E-state index >= 15 is 4.39 Å². The maximum atomic E-state index is 15.6. The molecule has 1 aromatic rings. The molecule has 1 saturated heterocycles. The van der Waals surface area contributed by atoms with Crippen molar-refractivity contribution in [2.45, 2.75) is 85.1 Å². The van der Waals surface area contributed by atoms with Gasteiger partial charge in [0.15, 0.2) is 12.4 Å². The first-order valence-corrected chi connectivity index (χ1v) is 11.5. The Morgan fingerprint density at radius 2 is 2.12 bits per heavy atom. The summed E-state index contributed by atoms with van der Waals surface area (Å²) < 4.78 is 49.9. The molecule has 1 aliphatic heterocycles. The SMILES string of the molecule is [2H]C[C@H]1O[C@@H](n2cc(C)c(C)nc2=O)C(F)C1OP(OCC[N+]#[C-])N(C(C)C)C(C)C.[3H]OC. The van der Waals surface area contributed by atoms with Crippen LogP contribution in [0.2, 0.25) is 0 Å². The third-order valence-electron chi connectivity index (χ3n) is 4.79. The zero-order valence-corrected chi connectivity index (χ0v) is 20.7. The van der Waals surface area contributed by atoms with Gasteiger partial charge in [0.1, 0.15) is 12.7 Å². The Hall–Kier alpha value is -1.47. The lowest BCUT2D eigenvalue weighted by atomic mass is 10.1. The summed E-state index contributed by atoms with van der Waals surface area (Å²) in [5.41, 5.74) is 0.695. The minimum atomic E-state index is -1.71. The second-order valence-corrected chi connectivity index (χ2v) is 9.21. The molecule has 182 valence electrons. The number of alkyl halides is 1. The fourth-order valence-electron chi connectivity index (χ4n) is 3.27. The molecule has 0 amide bonds. The maximum absolute atomic E-state index is 15.6. The van der Waals surface area contributed by atoms with Crippen LogP contribution in [0.4, 0.5) is 4.39 Å². The second kappa shape index (κ2) is 13.3. The predicted molar refractivity (Wildman–Crippen MR) is 122 cm³/mol. The summed E-state index contributed by atoms with van der Waals surface area (Å²) in [5, 5.41) is 3.50. The minimum absolute atomic E-state index is 0.0521. The van der Waals surface area contributed by atoms with Crippen LogP contribution in [0, 0.1) is 20.4 Å². The van der Waals surface area contributed by atoms with Crippen LogP contribution in [0.15, 0.2) is 11.0 Å². The highest BCUT2D eigenvalue weighted by molar-refractivity contribution is 7.44. The number of nitrogens with zero attached hydrogens (tertiary/aromatic N) is 4. The number of hydrogen-bond acceptors (Lipinski definition) is 7. The van der Waals surface area contributed by atoms with Crippen LogP contribution in [0.1, 0.15) is 53.5 Å². The molecule has 11 heteroatoms. The van der Waals surface area contributed by atoms with Gasteiger partial charge in [-0.2, -0.15) is 4.98 Å². The van der Waals surface area contributed by atoms with Gasteiger partial charge in [-0.1, -0.05) is 0 Å². The van der Waals surface area contributed by atoms with Crippen molar-refractivity contribution in [1.82, 2.24) is 14.2 Å². The summed E-state index contributed by atoms with van der Waals surface area (Å²) in [6.45, 7) is 18.5. The fourth-order valence-corrected chi connectivity index (χ4v) is 5.02. The van der Waals surface area contributed by atoms with Gasteiger partial charge in [0.25, 0.3) is 8.53 Å². The van der Waals surface area contributed by atoms with Gasteiger partial charge in [0.2, 0.25) is 7.98 Å². The van der Waals surface area contributed by atoms with Gasteiger partial charge in [0, 0.05) is 32.5 Å². The Kier molecular flexibility index (Phi) is 10.4. The van der Waals surface area contributed by atoms with E-state index in [0.717, 1.165) is 10.1 Å². The first-order chi connectivity index (χ1) is 16.0. The minimum Gasteiger partial charge on any atom is -0.400 e. The second-order valence-electron chi connectivity index (χ2n) is 7.80. The van der Waals surface area contributed by atoms with Crippen molar-refractivity contribution >= 4 is 8.53 Å². The first-order valence-electron chi connectivity index (χ1n) is 11.5. The lowest BCUT2D eigenvalue weighted by Gasteiger charge is -2.37.